The van der Waals surface area contributed by atoms with Gasteiger partial charge >= 0.3 is 0 Å². The fourth-order valence-electron chi connectivity index (χ4n) is 2.09. The van der Waals surface area contributed by atoms with Crippen LogP contribution in [0.5, 0.6) is 0 Å². The fourth-order valence-corrected chi connectivity index (χ4v) is 2.09. The quantitative estimate of drug-likeness (QED) is 0.825. The van der Waals surface area contributed by atoms with Crippen LogP contribution >= 0.6 is 0 Å². The van der Waals surface area contributed by atoms with E-state index < -0.39 is 0 Å². The van der Waals surface area contributed by atoms with E-state index in [9.17, 15) is 0 Å². The molecule has 1 aromatic rings. The molecule has 0 atom stereocenters. The van der Waals surface area contributed by atoms with Gasteiger partial charge in [-0.1, -0.05) is 13.0 Å². The van der Waals surface area contributed by atoms with Crippen LogP contribution in [0, 0.1) is 0 Å². The van der Waals surface area contributed by atoms with Crippen LogP contribution < -0.4 is 5.32 Å². The molecule has 0 aliphatic carbocycles. The second-order valence-electron chi connectivity index (χ2n) is 6.79. The molecule has 3 heteroatoms. The third kappa shape index (κ3) is 6.49. The zero-order chi connectivity index (χ0) is 15.2. The van der Waals surface area contributed by atoms with Gasteiger partial charge in [0.15, 0.2) is 0 Å². The Bertz CT molecular complexity index is 393. The summed E-state index contributed by atoms with van der Waals surface area (Å²) in [5.74, 6) is 0. The molecule has 0 saturated carbocycles. The highest BCUT2D eigenvalue weighted by Gasteiger charge is 2.11. The summed E-state index contributed by atoms with van der Waals surface area (Å²) in [5, 5.41) is 3.49. The summed E-state index contributed by atoms with van der Waals surface area (Å²) in [4.78, 5) is 7.25. The first-order valence-corrected chi connectivity index (χ1v) is 7.75. The number of nitrogens with zero attached hydrogens (tertiary/aromatic N) is 2. The molecule has 1 heterocycles. The van der Waals surface area contributed by atoms with Crippen molar-refractivity contribution in [3.05, 3.63) is 29.6 Å². The van der Waals surface area contributed by atoms with Crippen LogP contribution in [0.25, 0.3) is 0 Å². The lowest BCUT2D eigenvalue weighted by Crippen LogP contribution is -2.35. The third-order valence-electron chi connectivity index (χ3n) is 3.27. The van der Waals surface area contributed by atoms with E-state index in [-0.39, 0.29) is 5.54 Å². The average molecular weight is 277 g/mol. The van der Waals surface area contributed by atoms with Gasteiger partial charge in [0.2, 0.25) is 0 Å². The Morgan fingerprint density at radius 1 is 1.20 bits per heavy atom. The summed E-state index contributed by atoms with van der Waals surface area (Å²) in [6.07, 6.45) is 1.18. The molecule has 0 aromatic carbocycles. The molecule has 114 valence electrons. The molecule has 20 heavy (non-hydrogen) atoms. The van der Waals surface area contributed by atoms with Crippen LogP contribution in [0.4, 0.5) is 0 Å². The van der Waals surface area contributed by atoms with Crippen LogP contribution in [0.2, 0.25) is 0 Å². The maximum atomic E-state index is 4.78. The summed E-state index contributed by atoms with van der Waals surface area (Å²) in [7, 11) is 0. The summed E-state index contributed by atoms with van der Waals surface area (Å²) >= 11 is 0. The Labute approximate surface area is 124 Å². The van der Waals surface area contributed by atoms with Gasteiger partial charge in [-0.15, -0.1) is 0 Å². The van der Waals surface area contributed by atoms with E-state index in [1.165, 1.54) is 12.1 Å². The zero-order valence-electron chi connectivity index (χ0n) is 14.0. The van der Waals surface area contributed by atoms with Gasteiger partial charge in [-0.3, -0.25) is 9.88 Å². The molecule has 1 aromatic heterocycles. The van der Waals surface area contributed by atoms with Gasteiger partial charge in [0.1, 0.15) is 0 Å². The van der Waals surface area contributed by atoms with E-state index in [1.54, 1.807) is 0 Å². The number of hydrogen-bond donors (Lipinski definition) is 1. The Kier molecular flexibility index (Phi) is 6.63. The molecule has 0 aliphatic rings. The van der Waals surface area contributed by atoms with Crippen molar-refractivity contribution < 1.29 is 0 Å². The monoisotopic (exact) mass is 277 g/mol. The van der Waals surface area contributed by atoms with E-state index in [0.717, 1.165) is 25.3 Å². The molecule has 0 amide bonds. The Hall–Kier alpha value is -0.930. The van der Waals surface area contributed by atoms with Gasteiger partial charge in [-0.2, -0.15) is 0 Å². The molecule has 0 spiro atoms. The highest BCUT2D eigenvalue weighted by Crippen LogP contribution is 2.09. The molecule has 0 fully saturated rings. The van der Waals surface area contributed by atoms with Gasteiger partial charge in [-0.05, 0) is 59.7 Å². The SMILES string of the molecule is CCCN(Cc1cccc(CNC(C)(C)C)n1)C(C)C. The Morgan fingerprint density at radius 3 is 2.40 bits per heavy atom. The topological polar surface area (TPSA) is 28.2 Å². The minimum atomic E-state index is 0.129. The van der Waals surface area contributed by atoms with E-state index in [4.69, 9.17) is 4.98 Å². The molecule has 0 unspecified atom stereocenters. The smallest absolute Gasteiger partial charge is 0.0547 e. The van der Waals surface area contributed by atoms with E-state index in [2.05, 4.69) is 70.0 Å². The molecule has 0 aliphatic heterocycles. The summed E-state index contributed by atoms with van der Waals surface area (Å²) < 4.78 is 0. The van der Waals surface area contributed by atoms with Gasteiger partial charge in [0, 0.05) is 24.7 Å². The van der Waals surface area contributed by atoms with Gasteiger partial charge in [-0.25, -0.2) is 0 Å². The van der Waals surface area contributed by atoms with Crippen LogP contribution in [0.15, 0.2) is 18.2 Å². The van der Waals surface area contributed by atoms with Crippen molar-refractivity contribution in [2.45, 2.75) is 72.6 Å². The van der Waals surface area contributed by atoms with Crippen LogP contribution in [-0.2, 0) is 13.1 Å². The highest BCUT2D eigenvalue weighted by molar-refractivity contribution is 5.11. The lowest BCUT2D eigenvalue weighted by molar-refractivity contribution is 0.210. The highest BCUT2D eigenvalue weighted by atomic mass is 15.1. The number of hydrogen-bond acceptors (Lipinski definition) is 3. The second-order valence-corrected chi connectivity index (χ2v) is 6.79. The normalized spacial score (nSPS) is 12.4. The largest absolute Gasteiger partial charge is 0.306 e. The van der Waals surface area contributed by atoms with Crippen molar-refractivity contribution in [3.63, 3.8) is 0 Å². The minimum absolute atomic E-state index is 0.129. The lowest BCUT2D eigenvalue weighted by Gasteiger charge is -2.26. The van der Waals surface area contributed by atoms with Crippen molar-refractivity contribution in [2.75, 3.05) is 6.54 Å². The van der Waals surface area contributed by atoms with Crippen LogP contribution in [-0.4, -0.2) is 28.0 Å². The first-order chi connectivity index (χ1) is 9.31. The van der Waals surface area contributed by atoms with Crippen molar-refractivity contribution in [1.82, 2.24) is 15.2 Å². The fraction of sp³-hybridized carbons (Fsp3) is 0.706. The molecular weight excluding hydrogens is 246 g/mol. The molecule has 0 saturated heterocycles. The van der Waals surface area contributed by atoms with Gasteiger partial charge in [0.25, 0.3) is 0 Å². The molecule has 3 nitrogen and oxygen atoms in total. The van der Waals surface area contributed by atoms with E-state index in [1.807, 2.05) is 0 Å². The summed E-state index contributed by atoms with van der Waals surface area (Å²) in [6, 6.07) is 6.91. The number of nitrogens with one attached hydrogen (secondary N) is 1. The van der Waals surface area contributed by atoms with Crippen molar-refractivity contribution >= 4 is 0 Å². The Morgan fingerprint density at radius 2 is 1.85 bits per heavy atom. The molecule has 1 rings (SSSR count). The van der Waals surface area contributed by atoms with E-state index in [0.29, 0.717) is 6.04 Å². The van der Waals surface area contributed by atoms with E-state index >= 15 is 0 Å². The summed E-state index contributed by atoms with van der Waals surface area (Å²) in [5.41, 5.74) is 2.42. The molecule has 1 N–H and O–H groups in total. The lowest BCUT2D eigenvalue weighted by atomic mass is 10.1. The third-order valence-corrected chi connectivity index (χ3v) is 3.27. The van der Waals surface area contributed by atoms with Crippen LogP contribution in [0.1, 0.15) is 59.4 Å². The number of rotatable bonds is 7. The standard InChI is InChI=1S/C17H31N3/c1-7-11-20(14(2)3)13-16-10-8-9-15(19-16)12-18-17(4,5)6/h8-10,14,18H,7,11-13H2,1-6H3. The van der Waals surface area contributed by atoms with Gasteiger partial charge in [0.05, 0.1) is 11.4 Å². The first kappa shape index (κ1) is 17.1. The van der Waals surface area contributed by atoms with Crippen molar-refractivity contribution in [2.24, 2.45) is 0 Å². The van der Waals surface area contributed by atoms with Gasteiger partial charge < -0.3 is 5.32 Å². The second kappa shape index (κ2) is 7.75. The predicted molar refractivity (Wildman–Crippen MR) is 86.7 cm³/mol. The van der Waals surface area contributed by atoms with Crippen LogP contribution in [0.3, 0.4) is 0 Å². The molecule has 0 bridgehead atoms. The maximum absolute atomic E-state index is 4.78. The first-order valence-electron chi connectivity index (χ1n) is 7.75. The zero-order valence-corrected chi connectivity index (χ0v) is 14.0. The number of aromatic nitrogens is 1. The maximum Gasteiger partial charge on any atom is 0.0547 e. The Balaban J connectivity index is 2.67. The summed E-state index contributed by atoms with van der Waals surface area (Å²) in [6.45, 7) is 16.2. The molecule has 0 radical (unpaired) electrons. The predicted octanol–water partition coefficient (Wildman–Crippen LogP) is 3.59. The van der Waals surface area contributed by atoms with Crippen molar-refractivity contribution in [3.8, 4) is 0 Å². The average Bonchev–Trinajstić information content (AvgIpc) is 2.35. The molecular formula is C17H31N3. The number of pyridine rings is 1. The van der Waals surface area contributed by atoms with Crippen molar-refractivity contribution in [1.29, 1.82) is 0 Å². The minimum Gasteiger partial charge on any atom is -0.306 e.